The number of nitrogens with two attached hydrogens (primary N) is 1. The minimum Gasteiger partial charge on any atom is -0.496 e. The van der Waals surface area contributed by atoms with E-state index in [1.165, 1.54) is 0 Å². The molecule has 0 amide bonds. The fraction of sp³-hybridized carbons (Fsp3) is 0.611. The lowest BCUT2D eigenvalue weighted by Gasteiger charge is -2.37. The summed E-state index contributed by atoms with van der Waals surface area (Å²) >= 11 is 0. The van der Waals surface area contributed by atoms with Crippen LogP contribution in [0.5, 0.6) is 5.75 Å². The average Bonchev–Trinajstić information content (AvgIpc) is 2.46. The second-order valence-corrected chi connectivity index (χ2v) is 6.78. The van der Waals surface area contributed by atoms with Crippen LogP contribution >= 0.6 is 0 Å². The number of carbonyl (C=O) groups excluding carboxylic acids is 1. The molecule has 0 heterocycles. The van der Waals surface area contributed by atoms with E-state index in [2.05, 4.69) is 39.9 Å². The number of methoxy groups -OCH3 is 1. The Balaban J connectivity index is 3.18. The molecule has 4 nitrogen and oxygen atoms in total. The molecule has 3 N–H and O–H groups in total. The predicted molar refractivity (Wildman–Crippen MR) is 91.9 cm³/mol. The summed E-state index contributed by atoms with van der Waals surface area (Å²) in [6.45, 7) is 12.7. The van der Waals surface area contributed by atoms with Gasteiger partial charge in [-0.3, -0.25) is 4.79 Å². The molecule has 0 spiro atoms. The summed E-state index contributed by atoms with van der Waals surface area (Å²) in [6, 6.07) is 4.39. The fourth-order valence-corrected chi connectivity index (χ4v) is 2.65. The molecule has 1 rings (SSSR count). The third-order valence-electron chi connectivity index (χ3n) is 4.78. The molecule has 22 heavy (non-hydrogen) atoms. The van der Waals surface area contributed by atoms with Gasteiger partial charge in [-0.1, -0.05) is 13.8 Å². The second-order valence-electron chi connectivity index (χ2n) is 6.78. The molecule has 3 atom stereocenters. The Bertz CT molecular complexity index is 524. The van der Waals surface area contributed by atoms with Crippen LogP contribution in [-0.2, 0) is 5.41 Å². The predicted octanol–water partition coefficient (Wildman–Crippen LogP) is 2.81. The average molecular weight is 306 g/mol. The first-order valence-electron chi connectivity index (χ1n) is 7.81. The van der Waals surface area contributed by atoms with Crippen LogP contribution in [0.3, 0.4) is 0 Å². The highest BCUT2D eigenvalue weighted by Gasteiger charge is 2.31. The van der Waals surface area contributed by atoms with E-state index in [1.54, 1.807) is 7.11 Å². The van der Waals surface area contributed by atoms with E-state index in [0.717, 1.165) is 17.4 Å². The lowest BCUT2D eigenvalue weighted by molar-refractivity contribution is 0.112. The van der Waals surface area contributed by atoms with Crippen LogP contribution in [0.15, 0.2) is 12.1 Å². The van der Waals surface area contributed by atoms with E-state index in [0.29, 0.717) is 11.3 Å². The summed E-state index contributed by atoms with van der Waals surface area (Å²) in [7, 11) is 1.58. The summed E-state index contributed by atoms with van der Waals surface area (Å²) in [5.41, 5.74) is 8.66. The van der Waals surface area contributed by atoms with Crippen molar-refractivity contribution in [3.8, 4) is 5.75 Å². The molecule has 0 saturated carbocycles. The van der Waals surface area contributed by atoms with Crippen LogP contribution in [0.25, 0.3) is 0 Å². The number of carbonyl (C=O) groups is 1. The zero-order chi connectivity index (χ0) is 17.1. The van der Waals surface area contributed by atoms with Gasteiger partial charge in [0.2, 0.25) is 0 Å². The minimum atomic E-state index is -0.142. The van der Waals surface area contributed by atoms with Crippen LogP contribution in [0.4, 0.5) is 0 Å². The van der Waals surface area contributed by atoms with Crippen LogP contribution < -0.4 is 15.8 Å². The number of hydrogen-bond donors (Lipinski definition) is 2. The van der Waals surface area contributed by atoms with Gasteiger partial charge in [-0.15, -0.1) is 0 Å². The number of aryl methyl sites for hydroxylation is 1. The third-order valence-corrected chi connectivity index (χ3v) is 4.78. The highest BCUT2D eigenvalue weighted by atomic mass is 16.5. The van der Waals surface area contributed by atoms with Gasteiger partial charge in [0, 0.05) is 23.5 Å². The summed E-state index contributed by atoms with van der Waals surface area (Å²) < 4.78 is 5.28. The van der Waals surface area contributed by atoms with Crippen molar-refractivity contribution in [3.05, 3.63) is 28.8 Å². The minimum absolute atomic E-state index is 0.0840. The number of rotatable bonds is 7. The number of hydrogen-bond acceptors (Lipinski definition) is 4. The molecule has 0 fully saturated rings. The lowest BCUT2D eigenvalue weighted by atomic mass is 9.75. The molecule has 3 unspecified atom stereocenters. The van der Waals surface area contributed by atoms with Gasteiger partial charge >= 0.3 is 0 Å². The third kappa shape index (κ3) is 3.87. The Morgan fingerprint density at radius 2 is 1.86 bits per heavy atom. The van der Waals surface area contributed by atoms with Crippen molar-refractivity contribution in [2.24, 2.45) is 5.73 Å². The Kier molecular flexibility index (Phi) is 6.15. The van der Waals surface area contributed by atoms with E-state index in [1.807, 2.05) is 19.1 Å². The lowest BCUT2D eigenvalue weighted by Crippen LogP contribution is -2.51. The summed E-state index contributed by atoms with van der Waals surface area (Å²) in [5.74, 6) is 0.622. The molecule has 0 radical (unpaired) electrons. The topological polar surface area (TPSA) is 64.3 Å². The Hall–Kier alpha value is -1.39. The van der Waals surface area contributed by atoms with Crippen molar-refractivity contribution in [1.29, 1.82) is 0 Å². The van der Waals surface area contributed by atoms with Crippen molar-refractivity contribution < 1.29 is 9.53 Å². The van der Waals surface area contributed by atoms with Crippen LogP contribution in [0, 0.1) is 6.92 Å². The molecule has 124 valence electrons. The highest BCUT2D eigenvalue weighted by molar-refractivity contribution is 5.80. The van der Waals surface area contributed by atoms with Crippen molar-refractivity contribution in [1.82, 2.24) is 5.32 Å². The van der Waals surface area contributed by atoms with Gasteiger partial charge in [-0.05, 0) is 51.0 Å². The van der Waals surface area contributed by atoms with Gasteiger partial charge in [0.05, 0.1) is 12.7 Å². The van der Waals surface area contributed by atoms with E-state index in [-0.39, 0.29) is 23.5 Å². The number of aldehydes is 1. The van der Waals surface area contributed by atoms with E-state index in [9.17, 15) is 4.79 Å². The maximum atomic E-state index is 11.3. The van der Waals surface area contributed by atoms with E-state index < -0.39 is 0 Å². The highest BCUT2D eigenvalue weighted by Crippen LogP contribution is 2.33. The SMILES string of the molecule is COc1cc(C)c(C(C)(C)C(C)NC(C)C(C)N)cc1C=O. The van der Waals surface area contributed by atoms with E-state index >= 15 is 0 Å². The zero-order valence-electron chi connectivity index (χ0n) is 14.9. The number of ether oxygens (including phenoxy) is 1. The first-order valence-corrected chi connectivity index (χ1v) is 7.81. The summed E-state index contributed by atoms with van der Waals surface area (Å²) in [4.78, 5) is 11.3. The normalized spacial score (nSPS) is 16.0. The second kappa shape index (κ2) is 7.25. The monoisotopic (exact) mass is 306 g/mol. The van der Waals surface area contributed by atoms with Crippen LogP contribution in [0.1, 0.15) is 56.1 Å². The summed E-state index contributed by atoms with van der Waals surface area (Å²) in [6.07, 6.45) is 0.848. The molecule has 1 aromatic carbocycles. The summed E-state index contributed by atoms with van der Waals surface area (Å²) in [5, 5.41) is 3.57. The maximum Gasteiger partial charge on any atom is 0.153 e. The Morgan fingerprint density at radius 1 is 1.27 bits per heavy atom. The van der Waals surface area contributed by atoms with Crippen molar-refractivity contribution in [2.75, 3.05) is 7.11 Å². The maximum absolute atomic E-state index is 11.3. The largest absolute Gasteiger partial charge is 0.496 e. The van der Waals surface area contributed by atoms with Crippen LogP contribution in [0.2, 0.25) is 0 Å². The first kappa shape index (κ1) is 18.7. The van der Waals surface area contributed by atoms with Gasteiger partial charge in [0.25, 0.3) is 0 Å². The van der Waals surface area contributed by atoms with Gasteiger partial charge in [-0.2, -0.15) is 0 Å². The standard InChI is InChI=1S/C18H30N2O2/c1-11-8-17(22-7)15(10-21)9-16(11)18(5,6)14(4)20-13(3)12(2)19/h8-10,12-14,20H,19H2,1-7H3. The van der Waals surface area contributed by atoms with E-state index in [4.69, 9.17) is 10.5 Å². The van der Waals surface area contributed by atoms with Crippen molar-refractivity contribution >= 4 is 6.29 Å². The molecule has 1 aromatic rings. The Morgan fingerprint density at radius 3 is 2.32 bits per heavy atom. The quantitative estimate of drug-likeness (QED) is 0.760. The molecule has 0 aliphatic heterocycles. The van der Waals surface area contributed by atoms with Gasteiger partial charge in [0.1, 0.15) is 5.75 Å². The van der Waals surface area contributed by atoms with Gasteiger partial charge in [0.15, 0.2) is 6.29 Å². The molecular formula is C18H30N2O2. The van der Waals surface area contributed by atoms with Crippen LogP contribution in [-0.4, -0.2) is 31.5 Å². The zero-order valence-corrected chi connectivity index (χ0v) is 14.9. The fourth-order valence-electron chi connectivity index (χ4n) is 2.65. The van der Waals surface area contributed by atoms with Crippen molar-refractivity contribution in [3.63, 3.8) is 0 Å². The smallest absolute Gasteiger partial charge is 0.153 e. The molecular weight excluding hydrogens is 276 g/mol. The molecule has 0 bridgehead atoms. The van der Waals surface area contributed by atoms with Gasteiger partial charge in [-0.25, -0.2) is 0 Å². The molecule has 0 aromatic heterocycles. The number of nitrogens with one attached hydrogen (secondary N) is 1. The Labute approximate surface area is 134 Å². The molecule has 0 aliphatic carbocycles. The van der Waals surface area contributed by atoms with Crippen molar-refractivity contribution in [2.45, 2.75) is 65.1 Å². The van der Waals surface area contributed by atoms with Gasteiger partial charge < -0.3 is 15.8 Å². The number of benzene rings is 1. The molecule has 0 saturated heterocycles. The molecule has 0 aliphatic rings. The molecule has 4 heteroatoms. The first-order chi connectivity index (χ1) is 10.1.